The summed E-state index contributed by atoms with van der Waals surface area (Å²) >= 11 is 0. The van der Waals surface area contributed by atoms with Crippen molar-refractivity contribution in [2.24, 2.45) is 11.7 Å². The Morgan fingerprint density at radius 3 is 2.55 bits per heavy atom. The van der Waals surface area contributed by atoms with Gasteiger partial charge in [0.1, 0.15) is 6.04 Å². The van der Waals surface area contributed by atoms with Gasteiger partial charge in [0.05, 0.1) is 7.11 Å². The van der Waals surface area contributed by atoms with Crippen molar-refractivity contribution in [3.05, 3.63) is 29.6 Å². The minimum absolute atomic E-state index is 0.0509. The van der Waals surface area contributed by atoms with E-state index in [1.807, 2.05) is 13.8 Å². The van der Waals surface area contributed by atoms with Gasteiger partial charge in [-0.1, -0.05) is 20.3 Å². The van der Waals surface area contributed by atoms with Gasteiger partial charge in [-0.2, -0.15) is 0 Å². The topological polar surface area (TPSA) is 81.4 Å². The monoisotopic (exact) mass is 282 g/mol. The van der Waals surface area contributed by atoms with E-state index in [2.05, 4.69) is 5.32 Å². The summed E-state index contributed by atoms with van der Waals surface area (Å²) in [6, 6.07) is 3.05. The molecule has 2 atom stereocenters. The highest BCUT2D eigenvalue weighted by molar-refractivity contribution is 5.97. The Balaban J connectivity index is 2.89. The first kappa shape index (κ1) is 15.9. The molecule has 1 aromatic rings. The third-order valence-corrected chi connectivity index (χ3v) is 3.22. The van der Waals surface area contributed by atoms with Gasteiger partial charge < -0.3 is 15.8 Å². The Morgan fingerprint density at radius 2 is 2.10 bits per heavy atom. The van der Waals surface area contributed by atoms with Gasteiger partial charge in [0.15, 0.2) is 11.6 Å². The zero-order valence-corrected chi connectivity index (χ0v) is 11.8. The molecule has 0 heterocycles. The van der Waals surface area contributed by atoms with Crippen LogP contribution in [0.25, 0.3) is 0 Å². The molecule has 0 saturated carbocycles. The lowest BCUT2D eigenvalue weighted by molar-refractivity contribution is -0.120. The summed E-state index contributed by atoms with van der Waals surface area (Å²) in [6.07, 6.45) is 0.685. The van der Waals surface area contributed by atoms with Crippen LogP contribution in [0, 0.1) is 11.7 Å². The number of carbonyl (C=O) groups excluding carboxylic acids is 2. The number of ether oxygens (including phenoxy) is 1. The zero-order valence-electron chi connectivity index (χ0n) is 11.8. The van der Waals surface area contributed by atoms with Gasteiger partial charge in [0, 0.05) is 5.56 Å². The summed E-state index contributed by atoms with van der Waals surface area (Å²) in [5.41, 5.74) is 5.38. The predicted octanol–water partition coefficient (Wildman–Crippen LogP) is 1.46. The molecule has 1 aromatic carbocycles. The fourth-order valence-corrected chi connectivity index (χ4v) is 1.76. The summed E-state index contributed by atoms with van der Waals surface area (Å²) in [6.45, 7) is 3.70. The minimum atomic E-state index is -0.780. The summed E-state index contributed by atoms with van der Waals surface area (Å²) < 4.78 is 18.3. The van der Waals surface area contributed by atoms with E-state index in [9.17, 15) is 14.0 Å². The van der Waals surface area contributed by atoms with Crippen molar-refractivity contribution >= 4 is 11.8 Å². The van der Waals surface area contributed by atoms with Gasteiger partial charge in [-0.15, -0.1) is 0 Å². The van der Waals surface area contributed by atoms with E-state index in [1.165, 1.54) is 19.2 Å². The standard InChI is InChI=1S/C14H19FN2O3/c1-4-8(2)12(13(16)18)17-14(19)9-5-6-11(20-3)10(15)7-9/h5-8,12H,4H2,1-3H3,(H2,16,18)(H,17,19). The van der Waals surface area contributed by atoms with Crippen LogP contribution >= 0.6 is 0 Å². The van der Waals surface area contributed by atoms with Crippen molar-refractivity contribution in [3.8, 4) is 5.75 Å². The molecule has 0 saturated heterocycles. The molecule has 5 nitrogen and oxygen atoms in total. The molecule has 0 aromatic heterocycles. The molecule has 2 unspecified atom stereocenters. The fraction of sp³-hybridized carbons (Fsp3) is 0.429. The van der Waals surface area contributed by atoms with Crippen molar-refractivity contribution < 1.29 is 18.7 Å². The highest BCUT2D eigenvalue weighted by Gasteiger charge is 2.24. The highest BCUT2D eigenvalue weighted by Crippen LogP contribution is 2.18. The van der Waals surface area contributed by atoms with E-state index in [4.69, 9.17) is 10.5 Å². The number of nitrogens with one attached hydrogen (secondary N) is 1. The molecular formula is C14H19FN2O3. The van der Waals surface area contributed by atoms with Crippen LogP contribution in [-0.4, -0.2) is 25.0 Å². The zero-order chi connectivity index (χ0) is 15.3. The quantitative estimate of drug-likeness (QED) is 0.829. The Kier molecular flexibility index (Phi) is 5.49. The van der Waals surface area contributed by atoms with E-state index in [1.54, 1.807) is 0 Å². The smallest absolute Gasteiger partial charge is 0.252 e. The predicted molar refractivity (Wildman–Crippen MR) is 72.9 cm³/mol. The molecule has 0 spiro atoms. The molecule has 0 aliphatic heterocycles. The van der Waals surface area contributed by atoms with Crippen LogP contribution in [0.5, 0.6) is 5.75 Å². The summed E-state index contributed by atoms with van der Waals surface area (Å²) in [7, 11) is 1.34. The van der Waals surface area contributed by atoms with Crippen LogP contribution in [0.15, 0.2) is 18.2 Å². The lowest BCUT2D eigenvalue weighted by Crippen LogP contribution is -2.48. The maximum Gasteiger partial charge on any atom is 0.252 e. The van der Waals surface area contributed by atoms with Gasteiger partial charge in [-0.25, -0.2) is 4.39 Å². The second-order valence-corrected chi connectivity index (χ2v) is 4.59. The van der Waals surface area contributed by atoms with Gasteiger partial charge >= 0.3 is 0 Å². The molecule has 0 radical (unpaired) electrons. The number of rotatable bonds is 6. The fourth-order valence-electron chi connectivity index (χ4n) is 1.76. The lowest BCUT2D eigenvalue weighted by atomic mass is 9.98. The van der Waals surface area contributed by atoms with Crippen LogP contribution in [0.1, 0.15) is 30.6 Å². The molecule has 1 rings (SSSR count). The first-order chi connectivity index (χ1) is 9.40. The Bertz CT molecular complexity index is 505. The van der Waals surface area contributed by atoms with Crippen LogP contribution in [0.4, 0.5) is 4.39 Å². The van der Waals surface area contributed by atoms with E-state index in [0.29, 0.717) is 6.42 Å². The average Bonchev–Trinajstić information content (AvgIpc) is 2.43. The third kappa shape index (κ3) is 3.69. The van der Waals surface area contributed by atoms with E-state index in [0.717, 1.165) is 6.07 Å². The van der Waals surface area contributed by atoms with Gasteiger partial charge in [-0.05, 0) is 24.1 Å². The number of carbonyl (C=O) groups is 2. The second-order valence-electron chi connectivity index (χ2n) is 4.59. The number of hydrogen-bond donors (Lipinski definition) is 2. The van der Waals surface area contributed by atoms with Crippen molar-refractivity contribution in [1.29, 1.82) is 0 Å². The van der Waals surface area contributed by atoms with Gasteiger partial charge in [-0.3, -0.25) is 9.59 Å². The first-order valence-electron chi connectivity index (χ1n) is 6.34. The molecule has 0 fully saturated rings. The summed E-state index contributed by atoms with van der Waals surface area (Å²) in [5, 5.41) is 2.53. The number of hydrogen-bond acceptors (Lipinski definition) is 3. The minimum Gasteiger partial charge on any atom is -0.494 e. The number of benzene rings is 1. The molecule has 0 aliphatic rings. The Labute approximate surface area is 117 Å². The summed E-state index contributed by atoms with van der Waals surface area (Å²) in [4.78, 5) is 23.4. The maximum absolute atomic E-state index is 13.5. The average molecular weight is 282 g/mol. The van der Waals surface area contributed by atoms with Crippen LogP contribution in [0.2, 0.25) is 0 Å². The number of amides is 2. The van der Waals surface area contributed by atoms with Gasteiger partial charge in [0.2, 0.25) is 5.91 Å². The maximum atomic E-state index is 13.5. The molecule has 0 bridgehead atoms. The van der Waals surface area contributed by atoms with Crippen molar-refractivity contribution in [2.75, 3.05) is 7.11 Å². The second kappa shape index (κ2) is 6.88. The number of nitrogens with two attached hydrogens (primary N) is 1. The van der Waals surface area contributed by atoms with Crippen LogP contribution < -0.4 is 15.8 Å². The third-order valence-electron chi connectivity index (χ3n) is 3.22. The van der Waals surface area contributed by atoms with Crippen LogP contribution in [0.3, 0.4) is 0 Å². The molecular weight excluding hydrogens is 263 g/mol. The summed E-state index contributed by atoms with van der Waals surface area (Å²) in [5.74, 6) is -1.84. The molecule has 2 amide bonds. The number of methoxy groups -OCH3 is 1. The number of primary amides is 1. The van der Waals surface area contributed by atoms with Crippen molar-refractivity contribution in [2.45, 2.75) is 26.3 Å². The normalized spacial score (nSPS) is 13.4. The molecule has 0 aliphatic carbocycles. The van der Waals surface area contributed by atoms with Crippen LogP contribution in [-0.2, 0) is 4.79 Å². The number of halogens is 1. The largest absolute Gasteiger partial charge is 0.494 e. The lowest BCUT2D eigenvalue weighted by Gasteiger charge is -2.21. The highest BCUT2D eigenvalue weighted by atomic mass is 19.1. The first-order valence-corrected chi connectivity index (χ1v) is 6.34. The molecule has 6 heteroatoms. The Hall–Kier alpha value is -2.11. The van der Waals surface area contributed by atoms with E-state index in [-0.39, 0.29) is 17.2 Å². The molecule has 110 valence electrons. The van der Waals surface area contributed by atoms with E-state index < -0.39 is 23.7 Å². The van der Waals surface area contributed by atoms with E-state index >= 15 is 0 Å². The SMILES string of the molecule is CCC(C)C(NC(=O)c1ccc(OC)c(F)c1)C(N)=O. The Morgan fingerprint density at radius 1 is 1.45 bits per heavy atom. The van der Waals surface area contributed by atoms with Gasteiger partial charge in [0.25, 0.3) is 5.91 Å². The van der Waals surface area contributed by atoms with Crippen molar-refractivity contribution in [1.82, 2.24) is 5.32 Å². The van der Waals surface area contributed by atoms with Crippen molar-refractivity contribution in [3.63, 3.8) is 0 Å². The molecule has 20 heavy (non-hydrogen) atoms. The molecule has 3 N–H and O–H groups in total.